The zero-order chi connectivity index (χ0) is 12.4. The van der Waals surface area contributed by atoms with Crippen LogP contribution in [-0.4, -0.2) is 4.98 Å². The van der Waals surface area contributed by atoms with E-state index in [1.54, 1.807) is 11.3 Å². The van der Waals surface area contributed by atoms with Crippen LogP contribution in [0.4, 0.5) is 0 Å². The first-order valence-corrected chi connectivity index (χ1v) is 7.41. The van der Waals surface area contributed by atoms with E-state index >= 15 is 0 Å². The van der Waals surface area contributed by atoms with Crippen LogP contribution in [0.15, 0.2) is 39.8 Å². The molecular weight excluding hydrogens is 264 g/mol. The van der Waals surface area contributed by atoms with Gasteiger partial charge in [-0.1, -0.05) is 29.5 Å². The number of aromatic nitrogens is 1. The molecule has 0 fully saturated rings. The maximum atomic E-state index is 11.0. The third-order valence-corrected chi connectivity index (χ3v) is 4.49. The van der Waals surface area contributed by atoms with E-state index in [0.717, 1.165) is 12.2 Å². The van der Waals surface area contributed by atoms with Crippen LogP contribution in [0.25, 0.3) is 10.1 Å². The van der Waals surface area contributed by atoms with Crippen molar-refractivity contribution in [2.75, 3.05) is 0 Å². The number of thiophene rings is 1. The number of nitrogens with one attached hydrogen (secondary N) is 2. The predicted molar refractivity (Wildman–Crippen MR) is 77.3 cm³/mol. The van der Waals surface area contributed by atoms with Crippen LogP contribution < -0.4 is 10.2 Å². The molecule has 0 saturated carbocycles. The Labute approximate surface area is 112 Å². The maximum Gasteiger partial charge on any atom is 0.304 e. The van der Waals surface area contributed by atoms with Crippen LogP contribution in [0.3, 0.4) is 0 Å². The Morgan fingerprint density at radius 1 is 1.11 bits per heavy atom. The number of aromatic amines is 1. The molecule has 2 heterocycles. The molecule has 92 valence electrons. The number of hydrogen-bond donors (Lipinski definition) is 2. The third kappa shape index (κ3) is 2.38. The number of rotatable bonds is 4. The monoisotopic (exact) mass is 276 g/mol. The molecule has 0 bridgehead atoms. The highest BCUT2D eigenvalue weighted by molar-refractivity contribution is 7.17. The lowest BCUT2D eigenvalue weighted by Crippen LogP contribution is -2.13. The van der Waals surface area contributed by atoms with Gasteiger partial charge in [0.25, 0.3) is 0 Å². The molecular formula is C13H12N2OS2. The molecule has 0 atom stereocenters. The van der Waals surface area contributed by atoms with Crippen molar-refractivity contribution in [3.05, 3.63) is 56.0 Å². The minimum absolute atomic E-state index is 0.00721. The zero-order valence-electron chi connectivity index (χ0n) is 9.60. The Morgan fingerprint density at radius 2 is 2.00 bits per heavy atom. The van der Waals surface area contributed by atoms with Gasteiger partial charge in [0.15, 0.2) is 0 Å². The summed E-state index contributed by atoms with van der Waals surface area (Å²) in [5.41, 5.74) is 2.26. The van der Waals surface area contributed by atoms with Gasteiger partial charge in [-0.05, 0) is 22.4 Å². The summed E-state index contributed by atoms with van der Waals surface area (Å²) in [7, 11) is 0. The molecule has 0 spiro atoms. The molecule has 0 aliphatic rings. The van der Waals surface area contributed by atoms with Crippen LogP contribution in [0.1, 0.15) is 11.3 Å². The summed E-state index contributed by atoms with van der Waals surface area (Å²) < 4.78 is 1.32. The second kappa shape index (κ2) is 5.06. The Hall–Kier alpha value is -1.43. The number of fused-ring (bicyclic) bond motifs is 1. The van der Waals surface area contributed by atoms with Crippen LogP contribution in [0.5, 0.6) is 0 Å². The minimum atomic E-state index is 0.00721. The molecule has 2 aromatic heterocycles. The predicted octanol–water partition coefficient (Wildman–Crippen LogP) is 2.94. The van der Waals surface area contributed by atoms with Gasteiger partial charge in [-0.15, -0.1) is 11.3 Å². The van der Waals surface area contributed by atoms with Gasteiger partial charge >= 0.3 is 4.87 Å². The van der Waals surface area contributed by atoms with Gasteiger partial charge in [0.1, 0.15) is 0 Å². The summed E-state index contributed by atoms with van der Waals surface area (Å²) in [6.45, 7) is 1.52. The molecule has 18 heavy (non-hydrogen) atoms. The molecule has 3 rings (SSSR count). The fourth-order valence-electron chi connectivity index (χ4n) is 1.90. The molecule has 2 N–H and O–H groups in total. The fraction of sp³-hybridized carbons (Fsp3) is 0.154. The van der Waals surface area contributed by atoms with Crippen molar-refractivity contribution >= 4 is 32.8 Å². The Balaban J connectivity index is 1.68. The number of hydrogen-bond acceptors (Lipinski definition) is 4. The average molecular weight is 276 g/mol. The lowest BCUT2D eigenvalue weighted by atomic mass is 10.2. The molecule has 3 nitrogen and oxygen atoms in total. The van der Waals surface area contributed by atoms with Gasteiger partial charge in [0, 0.05) is 28.9 Å². The molecule has 1 aromatic carbocycles. The molecule has 3 aromatic rings. The van der Waals surface area contributed by atoms with Crippen molar-refractivity contribution in [3.63, 3.8) is 0 Å². The molecule has 5 heteroatoms. The Morgan fingerprint density at radius 3 is 2.83 bits per heavy atom. The summed E-state index contributed by atoms with van der Waals surface area (Å²) in [4.78, 5) is 13.8. The first-order valence-electron chi connectivity index (χ1n) is 5.65. The van der Waals surface area contributed by atoms with Crippen LogP contribution in [0.2, 0.25) is 0 Å². The largest absolute Gasteiger partial charge is 0.315 e. The molecule has 0 aliphatic heterocycles. The SMILES string of the molecule is O=c1[nH]c(CNCc2csc3ccccc23)cs1. The van der Waals surface area contributed by atoms with E-state index in [1.165, 1.54) is 27.0 Å². The normalized spacial score (nSPS) is 11.1. The van der Waals surface area contributed by atoms with E-state index in [2.05, 4.69) is 39.9 Å². The van der Waals surface area contributed by atoms with Gasteiger partial charge < -0.3 is 10.3 Å². The second-order valence-corrected chi connectivity index (χ2v) is 5.79. The van der Waals surface area contributed by atoms with E-state index in [1.807, 2.05) is 5.38 Å². The molecule has 0 unspecified atom stereocenters. The van der Waals surface area contributed by atoms with Crippen LogP contribution >= 0.6 is 22.7 Å². The number of H-pyrrole nitrogens is 1. The van der Waals surface area contributed by atoms with E-state index in [9.17, 15) is 4.79 Å². The van der Waals surface area contributed by atoms with E-state index in [4.69, 9.17) is 0 Å². The Kier molecular flexibility index (Phi) is 3.27. The highest BCUT2D eigenvalue weighted by Crippen LogP contribution is 2.25. The van der Waals surface area contributed by atoms with Crippen molar-refractivity contribution in [1.29, 1.82) is 0 Å². The second-order valence-electron chi connectivity index (χ2n) is 4.03. The van der Waals surface area contributed by atoms with Crippen molar-refractivity contribution in [2.24, 2.45) is 0 Å². The number of benzene rings is 1. The smallest absolute Gasteiger partial charge is 0.304 e. The van der Waals surface area contributed by atoms with Gasteiger partial charge in [0.2, 0.25) is 0 Å². The number of thiazole rings is 1. The molecule has 0 amide bonds. The molecule has 0 aliphatic carbocycles. The minimum Gasteiger partial charge on any atom is -0.315 e. The lowest BCUT2D eigenvalue weighted by molar-refractivity contribution is 0.685. The molecule has 0 saturated heterocycles. The first kappa shape index (κ1) is 11.6. The van der Waals surface area contributed by atoms with Crippen molar-refractivity contribution in [3.8, 4) is 0 Å². The van der Waals surface area contributed by atoms with Crippen molar-refractivity contribution in [1.82, 2.24) is 10.3 Å². The standard InChI is InChI=1S/C13H12N2OS2/c16-13-15-10(8-18-13)6-14-5-9-7-17-12-4-2-1-3-11(9)12/h1-4,7-8,14H,5-6H2,(H,15,16). The highest BCUT2D eigenvalue weighted by Gasteiger charge is 2.03. The summed E-state index contributed by atoms with van der Waals surface area (Å²) in [6.07, 6.45) is 0. The lowest BCUT2D eigenvalue weighted by Gasteiger charge is -2.02. The highest BCUT2D eigenvalue weighted by atomic mass is 32.1. The van der Waals surface area contributed by atoms with Gasteiger partial charge in [-0.3, -0.25) is 4.79 Å². The Bertz CT molecular complexity index is 711. The summed E-state index contributed by atoms with van der Waals surface area (Å²) in [5, 5.41) is 8.72. The van der Waals surface area contributed by atoms with E-state index in [-0.39, 0.29) is 4.87 Å². The van der Waals surface area contributed by atoms with Crippen molar-refractivity contribution in [2.45, 2.75) is 13.1 Å². The van der Waals surface area contributed by atoms with Crippen LogP contribution in [-0.2, 0) is 13.1 Å². The zero-order valence-corrected chi connectivity index (χ0v) is 11.2. The van der Waals surface area contributed by atoms with Gasteiger partial charge in [0.05, 0.1) is 0 Å². The molecule has 0 radical (unpaired) electrons. The van der Waals surface area contributed by atoms with Gasteiger partial charge in [-0.2, -0.15) is 0 Å². The quantitative estimate of drug-likeness (QED) is 0.769. The summed E-state index contributed by atoms with van der Waals surface area (Å²) in [6, 6.07) is 8.41. The van der Waals surface area contributed by atoms with Gasteiger partial charge in [-0.25, -0.2) is 0 Å². The fourth-order valence-corrected chi connectivity index (χ4v) is 3.45. The van der Waals surface area contributed by atoms with Crippen LogP contribution in [0, 0.1) is 0 Å². The van der Waals surface area contributed by atoms with E-state index < -0.39 is 0 Å². The average Bonchev–Trinajstić information content (AvgIpc) is 2.97. The topological polar surface area (TPSA) is 44.9 Å². The third-order valence-electron chi connectivity index (χ3n) is 2.76. The summed E-state index contributed by atoms with van der Waals surface area (Å²) in [5.74, 6) is 0. The maximum absolute atomic E-state index is 11.0. The van der Waals surface area contributed by atoms with Crippen molar-refractivity contribution < 1.29 is 0 Å². The first-order chi connectivity index (χ1) is 8.83. The summed E-state index contributed by atoms with van der Waals surface area (Å²) >= 11 is 2.97. The van der Waals surface area contributed by atoms with E-state index in [0.29, 0.717) is 6.54 Å².